The van der Waals surface area contributed by atoms with Gasteiger partial charge in [-0.05, 0) is 31.5 Å². The van der Waals surface area contributed by atoms with Gasteiger partial charge in [-0.2, -0.15) is 5.26 Å². The Bertz CT molecular complexity index is 384. The Balaban J connectivity index is 3.35. The number of nitriles is 1. The first-order valence-electron chi connectivity index (χ1n) is 3.95. The van der Waals surface area contributed by atoms with E-state index in [9.17, 15) is 8.78 Å². The zero-order chi connectivity index (χ0) is 10.9. The first-order valence-corrected chi connectivity index (χ1v) is 4.32. The Morgan fingerprint density at radius 2 is 1.71 bits per heavy atom. The molecule has 1 nitrogen and oxygen atoms in total. The van der Waals surface area contributed by atoms with Crippen molar-refractivity contribution in [3.63, 3.8) is 0 Å². The Morgan fingerprint density at radius 1 is 1.29 bits per heavy atom. The molecule has 0 aliphatic heterocycles. The van der Waals surface area contributed by atoms with E-state index in [1.807, 2.05) is 6.07 Å². The van der Waals surface area contributed by atoms with Crippen molar-refractivity contribution in [2.75, 3.05) is 0 Å². The van der Waals surface area contributed by atoms with Crippen molar-refractivity contribution < 1.29 is 8.78 Å². The van der Waals surface area contributed by atoms with Crippen LogP contribution in [0, 0.1) is 23.0 Å². The Labute approximate surface area is 85.9 Å². The van der Waals surface area contributed by atoms with Crippen molar-refractivity contribution in [2.24, 2.45) is 0 Å². The lowest BCUT2D eigenvalue weighted by Gasteiger charge is -2.16. The Kier molecular flexibility index (Phi) is 2.77. The van der Waals surface area contributed by atoms with E-state index in [0.29, 0.717) is 0 Å². The van der Waals surface area contributed by atoms with E-state index < -0.39 is 22.1 Å². The molecule has 0 amide bonds. The molecule has 0 saturated carbocycles. The van der Waals surface area contributed by atoms with E-state index in [1.165, 1.54) is 0 Å². The molecule has 0 bridgehead atoms. The van der Waals surface area contributed by atoms with Gasteiger partial charge in [0.25, 0.3) is 0 Å². The number of halogens is 3. The van der Waals surface area contributed by atoms with Crippen LogP contribution in [0.5, 0.6) is 0 Å². The first-order chi connectivity index (χ1) is 6.38. The van der Waals surface area contributed by atoms with Gasteiger partial charge in [-0.25, -0.2) is 8.78 Å². The summed E-state index contributed by atoms with van der Waals surface area (Å²) in [6.07, 6.45) is 0. The molecule has 14 heavy (non-hydrogen) atoms. The minimum Gasteiger partial charge on any atom is -0.205 e. The van der Waals surface area contributed by atoms with Gasteiger partial charge in [-0.3, -0.25) is 0 Å². The summed E-state index contributed by atoms with van der Waals surface area (Å²) < 4.78 is 26.1. The molecule has 1 aromatic rings. The van der Waals surface area contributed by atoms with Gasteiger partial charge in [0.1, 0.15) is 16.7 Å². The van der Waals surface area contributed by atoms with E-state index in [-0.39, 0.29) is 5.56 Å². The van der Waals surface area contributed by atoms with Crippen molar-refractivity contribution in [1.82, 2.24) is 0 Å². The maximum Gasteiger partial charge on any atom is 0.145 e. The lowest BCUT2D eigenvalue weighted by molar-refractivity contribution is 0.568. The highest BCUT2D eigenvalue weighted by Gasteiger charge is 2.22. The Hall–Kier alpha value is -1.14. The predicted molar refractivity (Wildman–Crippen MR) is 50.0 cm³/mol. The second-order valence-corrected chi connectivity index (χ2v) is 3.87. The van der Waals surface area contributed by atoms with Gasteiger partial charge in [0, 0.05) is 0 Å². The molecule has 0 radical (unpaired) electrons. The summed E-state index contributed by atoms with van der Waals surface area (Å²) in [4.78, 5) is 0. The van der Waals surface area contributed by atoms with Crippen LogP contribution in [0.25, 0.3) is 0 Å². The molecule has 1 aromatic carbocycles. The maximum absolute atomic E-state index is 13.0. The van der Waals surface area contributed by atoms with E-state index >= 15 is 0 Å². The maximum atomic E-state index is 13.0. The van der Waals surface area contributed by atoms with E-state index in [4.69, 9.17) is 16.9 Å². The fourth-order valence-corrected chi connectivity index (χ4v) is 1.09. The average Bonchev–Trinajstić information content (AvgIpc) is 2.13. The second kappa shape index (κ2) is 3.55. The number of hydrogen-bond acceptors (Lipinski definition) is 1. The van der Waals surface area contributed by atoms with Gasteiger partial charge in [-0.1, -0.05) is 11.6 Å². The smallest absolute Gasteiger partial charge is 0.145 e. The first kappa shape index (κ1) is 10.9. The zero-order valence-corrected chi connectivity index (χ0v) is 8.49. The molecule has 0 unspecified atom stereocenters. The molecule has 0 aromatic heterocycles. The fraction of sp³-hybridized carbons (Fsp3) is 0.300. The van der Waals surface area contributed by atoms with E-state index in [0.717, 1.165) is 12.1 Å². The molecule has 0 aliphatic rings. The number of benzene rings is 1. The molecular formula is C10H8ClF2N. The van der Waals surface area contributed by atoms with Crippen LogP contribution in [-0.4, -0.2) is 0 Å². The second-order valence-electron chi connectivity index (χ2n) is 3.49. The standard InChI is InChI=1S/C10H8ClF2N/c1-10(2,5-14)6-3-7(12)9(11)8(13)4-6/h3-4H,1-2H3. The van der Waals surface area contributed by atoms with Gasteiger partial charge in [0.2, 0.25) is 0 Å². The predicted octanol–water partition coefficient (Wildman–Crippen LogP) is 3.42. The van der Waals surface area contributed by atoms with Crippen molar-refractivity contribution in [1.29, 1.82) is 5.26 Å². The van der Waals surface area contributed by atoms with Crippen LogP contribution in [0.3, 0.4) is 0 Å². The summed E-state index contributed by atoms with van der Waals surface area (Å²) in [7, 11) is 0. The van der Waals surface area contributed by atoms with Crippen LogP contribution in [0.15, 0.2) is 12.1 Å². The molecule has 0 N–H and O–H groups in total. The van der Waals surface area contributed by atoms with E-state index in [1.54, 1.807) is 13.8 Å². The van der Waals surface area contributed by atoms with Gasteiger partial charge < -0.3 is 0 Å². The summed E-state index contributed by atoms with van der Waals surface area (Å²) in [5.74, 6) is -1.69. The van der Waals surface area contributed by atoms with Gasteiger partial charge in [0.15, 0.2) is 0 Å². The topological polar surface area (TPSA) is 23.8 Å². The molecule has 1 rings (SSSR count). The minimum atomic E-state index is -0.924. The molecule has 0 atom stereocenters. The molecule has 74 valence electrons. The van der Waals surface area contributed by atoms with Gasteiger partial charge >= 0.3 is 0 Å². The molecular weight excluding hydrogens is 208 g/mol. The van der Waals surface area contributed by atoms with Crippen LogP contribution >= 0.6 is 11.6 Å². The van der Waals surface area contributed by atoms with Crippen LogP contribution in [0.2, 0.25) is 5.02 Å². The normalized spacial score (nSPS) is 11.1. The lowest BCUT2D eigenvalue weighted by Crippen LogP contribution is -2.14. The van der Waals surface area contributed by atoms with Gasteiger partial charge in [-0.15, -0.1) is 0 Å². The third-order valence-electron chi connectivity index (χ3n) is 1.99. The summed E-state index contributed by atoms with van der Waals surface area (Å²) >= 11 is 5.31. The average molecular weight is 216 g/mol. The summed E-state index contributed by atoms with van der Waals surface area (Å²) in [6, 6.07) is 4.11. The van der Waals surface area contributed by atoms with Crippen LogP contribution in [0.1, 0.15) is 19.4 Å². The van der Waals surface area contributed by atoms with Crippen molar-refractivity contribution in [2.45, 2.75) is 19.3 Å². The third kappa shape index (κ3) is 1.85. The molecule has 0 aliphatic carbocycles. The van der Waals surface area contributed by atoms with Crippen molar-refractivity contribution in [3.05, 3.63) is 34.4 Å². The molecule has 0 fully saturated rings. The summed E-state index contributed by atoms with van der Waals surface area (Å²) in [5.41, 5.74) is -0.647. The molecule has 0 heterocycles. The van der Waals surface area contributed by atoms with Crippen LogP contribution in [-0.2, 0) is 5.41 Å². The Morgan fingerprint density at radius 3 is 2.07 bits per heavy atom. The molecule has 0 spiro atoms. The highest BCUT2D eigenvalue weighted by molar-refractivity contribution is 6.30. The summed E-state index contributed by atoms with van der Waals surface area (Å²) in [5, 5.41) is 8.23. The van der Waals surface area contributed by atoms with Crippen molar-refractivity contribution in [3.8, 4) is 6.07 Å². The number of rotatable bonds is 1. The van der Waals surface area contributed by atoms with Crippen LogP contribution in [0.4, 0.5) is 8.78 Å². The summed E-state index contributed by atoms with van der Waals surface area (Å²) in [6.45, 7) is 3.16. The zero-order valence-electron chi connectivity index (χ0n) is 7.74. The molecule has 0 saturated heterocycles. The quantitative estimate of drug-likeness (QED) is 0.659. The fourth-order valence-electron chi connectivity index (χ4n) is 0.981. The van der Waals surface area contributed by atoms with Crippen LogP contribution < -0.4 is 0 Å². The highest BCUT2D eigenvalue weighted by Crippen LogP contribution is 2.28. The third-order valence-corrected chi connectivity index (χ3v) is 2.35. The highest BCUT2D eigenvalue weighted by atomic mass is 35.5. The van der Waals surface area contributed by atoms with E-state index in [2.05, 4.69) is 0 Å². The lowest BCUT2D eigenvalue weighted by atomic mass is 9.86. The SMILES string of the molecule is CC(C)(C#N)c1cc(F)c(Cl)c(F)c1. The minimum absolute atomic E-state index is 0.277. The number of hydrogen-bond donors (Lipinski definition) is 0. The monoisotopic (exact) mass is 215 g/mol. The largest absolute Gasteiger partial charge is 0.205 e. The van der Waals surface area contributed by atoms with Gasteiger partial charge in [0.05, 0.1) is 11.5 Å². The number of nitrogens with zero attached hydrogens (tertiary/aromatic N) is 1. The molecule has 4 heteroatoms. The van der Waals surface area contributed by atoms with Crippen molar-refractivity contribution >= 4 is 11.6 Å².